The molecule has 0 aromatic heterocycles. The second-order valence-electron chi connectivity index (χ2n) is 5.67. The van der Waals surface area contributed by atoms with Crippen molar-refractivity contribution < 1.29 is 14.3 Å². The van der Waals surface area contributed by atoms with E-state index in [2.05, 4.69) is 10.6 Å². The number of carbonyl (C=O) groups excluding carboxylic acids is 1. The second kappa shape index (κ2) is 9.57. The Morgan fingerprint density at radius 1 is 1.04 bits per heavy atom. The van der Waals surface area contributed by atoms with E-state index in [9.17, 15) is 4.79 Å². The minimum absolute atomic E-state index is 0.0983. The predicted octanol–water partition coefficient (Wildman–Crippen LogP) is 3.81. The number of carbonyl (C=O) groups is 1. The molecule has 5 heteroatoms. The number of hydrogen-bond donors (Lipinski definition) is 2. The standard InChI is InChI=1S/C19H24N2O3/c1-15(2)20-19(22)21-17-8-6-7-16(13-17)14-23-11-12-24-18-9-4-3-5-10-18/h3-10,13,15H,11-12,14H2,1-2H3,(H2,20,21,22). The molecule has 2 amide bonds. The van der Waals surface area contributed by atoms with Gasteiger partial charge in [0.15, 0.2) is 0 Å². The van der Waals surface area contributed by atoms with Gasteiger partial charge < -0.3 is 20.1 Å². The number of para-hydroxylation sites is 1. The van der Waals surface area contributed by atoms with Crippen molar-refractivity contribution in [1.29, 1.82) is 0 Å². The SMILES string of the molecule is CC(C)NC(=O)Nc1cccc(COCCOc2ccccc2)c1. The molecule has 0 saturated heterocycles. The first-order chi connectivity index (χ1) is 11.6. The van der Waals surface area contributed by atoms with Gasteiger partial charge in [-0.25, -0.2) is 4.79 Å². The molecule has 0 fully saturated rings. The normalized spacial score (nSPS) is 10.5. The van der Waals surface area contributed by atoms with Crippen LogP contribution in [0.5, 0.6) is 5.75 Å². The van der Waals surface area contributed by atoms with Gasteiger partial charge in [-0.2, -0.15) is 0 Å². The van der Waals surface area contributed by atoms with Gasteiger partial charge in [0.1, 0.15) is 12.4 Å². The molecule has 2 N–H and O–H groups in total. The lowest BCUT2D eigenvalue weighted by atomic mass is 10.2. The Kier molecular flexibility index (Phi) is 7.11. The zero-order valence-electron chi connectivity index (χ0n) is 14.1. The summed E-state index contributed by atoms with van der Waals surface area (Å²) >= 11 is 0. The summed E-state index contributed by atoms with van der Waals surface area (Å²) in [5, 5.41) is 5.59. The third kappa shape index (κ3) is 6.71. The molecule has 5 nitrogen and oxygen atoms in total. The molecule has 0 spiro atoms. The summed E-state index contributed by atoms with van der Waals surface area (Å²) in [5.41, 5.74) is 1.74. The predicted molar refractivity (Wildman–Crippen MR) is 95.3 cm³/mol. The highest BCUT2D eigenvalue weighted by Gasteiger charge is 2.04. The molecule has 128 valence electrons. The van der Waals surface area contributed by atoms with E-state index in [1.54, 1.807) is 0 Å². The molecule has 0 aliphatic carbocycles. The highest BCUT2D eigenvalue weighted by molar-refractivity contribution is 5.89. The summed E-state index contributed by atoms with van der Waals surface area (Å²) < 4.78 is 11.2. The lowest BCUT2D eigenvalue weighted by Gasteiger charge is -2.11. The molecule has 0 bridgehead atoms. The van der Waals surface area contributed by atoms with E-state index in [0.29, 0.717) is 19.8 Å². The van der Waals surface area contributed by atoms with Crippen molar-refractivity contribution in [2.24, 2.45) is 0 Å². The highest BCUT2D eigenvalue weighted by atomic mass is 16.5. The van der Waals surface area contributed by atoms with E-state index < -0.39 is 0 Å². The molecule has 0 atom stereocenters. The van der Waals surface area contributed by atoms with Crippen molar-refractivity contribution >= 4 is 11.7 Å². The summed E-state index contributed by atoms with van der Waals surface area (Å²) in [7, 11) is 0. The van der Waals surface area contributed by atoms with E-state index in [-0.39, 0.29) is 12.1 Å². The van der Waals surface area contributed by atoms with Gasteiger partial charge in [-0.05, 0) is 43.7 Å². The van der Waals surface area contributed by atoms with Gasteiger partial charge in [-0.3, -0.25) is 0 Å². The number of hydrogen-bond acceptors (Lipinski definition) is 3. The Labute approximate surface area is 143 Å². The van der Waals surface area contributed by atoms with Crippen LogP contribution in [-0.2, 0) is 11.3 Å². The van der Waals surface area contributed by atoms with E-state index in [1.165, 1.54) is 0 Å². The van der Waals surface area contributed by atoms with Gasteiger partial charge >= 0.3 is 6.03 Å². The average Bonchev–Trinajstić information content (AvgIpc) is 2.55. The fraction of sp³-hybridized carbons (Fsp3) is 0.316. The second-order valence-corrected chi connectivity index (χ2v) is 5.67. The quantitative estimate of drug-likeness (QED) is 0.724. The van der Waals surface area contributed by atoms with Crippen LogP contribution < -0.4 is 15.4 Å². The van der Waals surface area contributed by atoms with Crippen LogP contribution in [0.3, 0.4) is 0 Å². The van der Waals surface area contributed by atoms with Gasteiger partial charge in [0.05, 0.1) is 13.2 Å². The number of anilines is 1. The van der Waals surface area contributed by atoms with Crippen LogP contribution in [0.1, 0.15) is 19.4 Å². The topological polar surface area (TPSA) is 59.6 Å². The van der Waals surface area contributed by atoms with Crippen molar-refractivity contribution in [1.82, 2.24) is 5.32 Å². The molecule has 2 aromatic rings. The maximum Gasteiger partial charge on any atom is 0.319 e. The van der Waals surface area contributed by atoms with Crippen molar-refractivity contribution in [2.75, 3.05) is 18.5 Å². The van der Waals surface area contributed by atoms with Crippen LogP contribution in [-0.4, -0.2) is 25.3 Å². The van der Waals surface area contributed by atoms with Crippen molar-refractivity contribution in [3.8, 4) is 5.75 Å². The van der Waals surface area contributed by atoms with Crippen LogP contribution >= 0.6 is 0 Å². The molecule has 0 saturated carbocycles. The largest absolute Gasteiger partial charge is 0.491 e. The van der Waals surface area contributed by atoms with Crippen molar-refractivity contribution in [3.05, 3.63) is 60.2 Å². The Bertz CT molecular complexity index is 630. The van der Waals surface area contributed by atoms with Crippen LogP contribution in [0, 0.1) is 0 Å². The van der Waals surface area contributed by atoms with Gasteiger partial charge in [-0.1, -0.05) is 30.3 Å². The van der Waals surface area contributed by atoms with Gasteiger partial charge in [0, 0.05) is 11.7 Å². The molecular weight excluding hydrogens is 304 g/mol. The maximum absolute atomic E-state index is 11.7. The molecular formula is C19H24N2O3. The number of amides is 2. The van der Waals surface area contributed by atoms with Crippen molar-refractivity contribution in [2.45, 2.75) is 26.5 Å². The van der Waals surface area contributed by atoms with E-state index in [4.69, 9.17) is 9.47 Å². The molecule has 0 aliphatic rings. The van der Waals surface area contributed by atoms with Gasteiger partial charge in [0.2, 0.25) is 0 Å². The molecule has 0 unspecified atom stereocenters. The van der Waals surface area contributed by atoms with Gasteiger partial charge in [0.25, 0.3) is 0 Å². The Balaban J connectivity index is 1.71. The Hall–Kier alpha value is -2.53. The van der Waals surface area contributed by atoms with Crippen molar-refractivity contribution in [3.63, 3.8) is 0 Å². The maximum atomic E-state index is 11.7. The monoisotopic (exact) mass is 328 g/mol. The fourth-order valence-electron chi connectivity index (χ4n) is 2.09. The van der Waals surface area contributed by atoms with E-state index in [0.717, 1.165) is 17.0 Å². The van der Waals surface area contributed by atoms with Crippen LogP contribution in [0.25, 0.3) is 0 Å². The number of nitrogens with one attached hydrogen (secondary N) is 2. The van der Waals surface area contributed by atoms with E-state index in [1.807, 2.05) is 68.4 Å². The fourth-order valence-corrected chi connectivity index (χ4v) is 2.09. The number of rotatable bonds is 8. The third-order valence-corrected chi connectivity index (χ3v) is 3.11. The Morgan fingerprint density at radius 3 is 2.58 bits per heavy atom. The Morgan fingerprint density at radius 2 is 1.83 bits per heavy atom. The van der Waals surface area contributed by atoms with Crippen LogP contribution in [0.2, 0.25) is 0 Å². The van der Waals surface area contributed by atoms with Gasteiger partial charge in [-0.15, -0.1) is 0 Å². The first kappa shape index (κ1) is 17.8. The summed E-state index contributed by atoms with van der Waals surface area (Å²) in [4.78, 5) is 11.7. The third-order valence-electron chi connectivity index (χ3n) is 3.11. The lowest BCUT2D eigenvalue weighted by Crippen LogP contribution is -2.34. The molecule has 0 heterocycles. The average molecular weight is 328 g/mol. The molecule has 24 heavy (non-hydrogen) atoms. The van der Waals surface area contributed by atoms with Crippen LogP contribution in [0.4, 0.5) is 10.5 Å². The zero-order chi connectivity index (χ0) is 17.2. The molecule has 2 aromatic carbocycles. The number of ether oxygens (including phenoxy) is 2. The van der Waals surface area contributed by atoms with Crippen LogP contribution in [0.15, 0.2) is 54.6 Å². The summed E-state index contributed by atoms with van der Waals surface area (Å²) in [6.07, 6.45) is 0. The molecule has 0 radical (unpaired) electrons. The lowest BCUT2D eigenvalue weighted by molar-refractivity contribution is 0.0889. The highest BCUT2D eigenvalue weighted by Crippen LogP contribution is 2.12. The molecule has 2 rings (SSSR count). The number of benzene rings is 2. The van der Waals surface area contributed by atoms with E-state index >= 15 is 0 Å². The zero-order valence-corrected chi connectivity index (χ0v) is 14.1. The minimum Gasteiger partial charge on any atom is -0.491 e. The summed E-state index contributed by atoms with van der Waals surface area (Å²) in [5.74, 6) is 0.837. The minimum atomic E-state index is -0.209. The summed E-state index contributed by atoms with van der Waals surface area (Å²) in [6, 6.07) is 17.1. The first-order valence-electron chi connectivity index (χ1n) is 8.05. The smallest absolute Gasteiger partial charge is 0.319 e. The number of urea groups is 1. The summed E-state index contributed by atoms with van der Waals surface area (Å²) in [6.45, 7) is 5.31. The molecule has 0 aliphatic heterocycles. The first-order valence-corrected chi connectivity index (χ1v) is 8.05.